The SMILES string of the molecule is Cc1ccc(F)c2c1[C@H](O)CCCO2. The van der Waals surface area contributed by atoms with Gasteiger partial charge in [0.1, 0.15) is 0 Å². The molecule has 0 spiro atoms. The summed E-state index contributed by atoms with van der Waals surface area (Å²) in [5.74, 6) is -0.151. The molecular weight excluding hydrogens is 183 g/mol. The molecule has 1 heterocycles. The Morgan fingerprint density at radius 2 is 2.29 bits per heavy atom. The number of rotatable bonds is 0. The van der Waals surface area contributed by atoms with Gasteiger partial charge in [0.05, 0.1) is 12.7 Å². The Kier molecular flexibility index (Phi) is 2.42. The molecule has 3 heteroatoms. The standard InChI is InChI=1S/C11H13FO2/c1-7-4-5-8(12)11-10(7)9(13)3-2-6-14-11/h4-5,9,13H,2-3,6H2,1H3/t9-/m1/s1. The highest BCUT2D eigenvalue weighted by Gasteiger charge is 2.22. The Labute approximate surface area is 82.3 Å². The van der Waals surface area contributed by atoms with Gasteiger partial charge in [0, 0.05) is 5.56 Å². The topological polar surface area (TPSA) is 29.5 Å². The van der Waals surface area contributed by atoms with Crippen LogP contribution in [0.4, 0.5) is 4.39 Å². The van der Waals surface area contributed by atoms with Crippen molar-refractivity contribution in [2.45, 2.75) is 25.9 Å². The van der Waals surface area contributed by atoms with E-state index in [1.165, 1.54) is 6.07 Å². The molecule has 1 atom stereocenters. The molecule has 1 N–H and O–H groups in total. The first-order chi connectivity index (χ1) is 6.70. The van der Waals surface area contributed by atoms with E-state index in [0.717, 1.165) is 12.0 Å². The number of hydrogen-bond donors (Lipinski definition) is 1. The molecule has 1 aromatic rings. The monoisotopic (exact) mass is 196 g/mol. The fraction of sp³-hybridized carbons (Fsp3) is 0.455. The highest BCUT2D eigenvalue weighted by atomic mass is 19.1. The van der Waals surface area contributed by atoms with Gasteiger partial charge in [0.2, 0.25) is 0 Å². The molecule has 1 aliphatic rings. The Morgan fingerprint density at radius 1 is 1.50 bits per heavy atom. The third kappa shape index (κ3) is 1.48. The minimum Gasteiger partial charge on any atom is -0.490 e. The second-order valence-corrected chi connectivity index (χ2v) is 3.61. The van der Waals surface area contributed by atoms with Crippen molar-refractivity contribution in [3.63, 3.8) is 0 Å². The molecule has 0 fully saturated rings. The van der Waals surface area contributed by atoms with Crippen LogP contribution in [0, 0.1) is 12.7 Å². The molecule has 76 valence electrons. The summed E-state index contributed by atoms with van der Waals surface area (Å²) < 4.78 is 18.7. The number of hydrogen-bond acceptors (Lipinski definition) is 2. The van der Waals surface area contributed by atoms with Crippen LogP contribution in [0.15, 0.2) is 12.1 Å². The Bertz CT molecular complexity index is 349. The lowest BCUT2D eigenvalue weighted by molar-refractivity contribution is 0.166. The molecule has 2 nitrogen and oxygen atoms in total. The van der Waals surface area contributed by atoms with Crippen LogP contribution in [-0.4, -0.2) is 11.7 Å². The van der Waals surface area contributed by atoms with Crippen LogP contribution >= 0.6 is 0 Å². The van der Waals surface area contributed by atoms with Crippen molar-refractivity contribution in [1.29, 1.82) is 0 Å². The van der Waals surface area contributed by atoms with Gasteiger partial charge >= 0.3 is 0 Å². The van der Waals surface area contributed by atoms with E-state index in [1.807, 2.05) is 6.92 Å². The van der Waals surface area contributed by atoms with Crippen molar-refractivity contribution in [2.75, 3.05) is 6.61 Å². The van der Waals surface area contributed by atoms with Crippen LogP contribution < -0.4 is 4.74 Å². The van der Waals surface area contributed by atoms with E-state index in [9.17, 15) is 9.50 Å². The van der Waals surface area contributed by atoms with E-state index in [-0.39, 0.29) is 11.6 Å². The minimum absolute atomic E-state index is 0.231. The molecule has 1 aromatic carbocycles. The lowest BCUT2D eigenvalue weighted by Crippen LogP contribution is -2.01. The van der Waals surface area contributed by atoms with Crippen LogP contribution in [0.25, 0.3) is 0 Å². The first kappa shape index (κ1) is 9.46. The fourth-order valence-electron chi connectivity index (χ4n) is 1.83. The zero-order valence-corrected chi connectivity index (χ0v) is 8.09. The molecule has 0 aromatic heterocycles. The van der Waals surface area contributed by atoms with Crippen molar-refractivity contribution in [3.05, 3.63) is 29.1 Å². The summed E-state index contributed by atoms with van der Waals surface area (Å²) in [6.45, 7) is 2.33. The highest BCUT2D eigenvalue weighted by Crippen LogP contribution is 2.35. The number of aryl methyl sites for hydroxylation is 1. The Hall–Kier alpha value is -1.09. The molecule has 0 saturated heterocycles. The van der Waals surface area contributed by atoms with Gasteiger partial charge in [-0.05, 0) is 31.4 Å². The second kappa shape index (κ2) is 3.58. The summed E-state index contributed by atoms with van der Waals surface area (Å²) in [4.78, 5) is 0. The zero-order chi connectivity index (χ0) is 10.1. The molecule has 14 heavy (non-hydrogen) atoms. The number of ether oxygens (including phenoxy) is 1. The summed E-state index contributed by atoms with van der Waals surface area (Å²) in [6.07, 6.45) is 0.801. The highest BCUT2D eigenvalue weighted by molar-refractivity contribution is 5.42. The normalized spacial score (nSPS) is 20.9. The smallest absolute Gasteiger partial charge is 0.165 e. The van der Waals surface area contributed by atoms with Crippen LogP contribution in [0.2, 0.25) is 0 Å². The summed E-state index contributed by atoms with van der Waals surface area (Å²) in [7, 11) is 0. The van der Waals surface area contributed by atoms with Gasteiger partial charge in [0.25, 0.3) is 0 Å². The number of fused-ring (bicyclic) bond motifs is 1. The predicted octanol–water partition coefficient (Wildman–Crippen LogP) is 2.34. The van der Waals surface area contributed by atoms with Gasteiger partial charge in [0.15, 0.2) is 11.6 Å². The largest absolute Gasteiger partial charge is 0.490 e. The third-order valence-corrected chi connectivity index (χ3v) is 2.57. The van der Waals surface area contributed by atoms with Gasteiger partial charge in [-0.25, -0.2) is 4.39 Å². The molecule has 0 radical (unpaired) electrons. The maximum absolute atomic E-state index is 13.4. The van der Waals surface area contributed by atoms with E-state index >= 15 is 0 Å². The Morgan fingerprint density at radius 3 is 3.07 bits per heavy atom. The number of aliphatic hydroxyl groups excluding tert-OH is 1. The van der Waals surface area contributed by atoms with E-state index < -0.39 is 6.10 Å². The first-order valence-corrected chi connectivity index (χ1v) is 4.80. The van der Waals surface area contributed by atoms with Gasteiger partial charge in [-0.15, -0.1) is 0 Å². The van der Waals surface area contributed by atoms with E-state index in [4.69, 9.17) is 4.74 Å². The lowest BCUT2D eigenvalue weighted by Gasteiger charge is -2.14. The van der Waals surface area contributed by atoms with Crippen molar-refractivity contribution in [3.8, 4) is 5.75 Å². The van der Waals surface area contributed by atoms with Crippen LogP contribution in [0.5, 0.6) is 5.75 Å². The lowest BCUT2D eigenvalue weighted by atomic mass is 10.00. The van der Waals surface area contributed by atoms with E-state index in [0.29, 0.717) is 18.6 Å². The maximum atomic E-state index is 13.4. The van der Waals surface area contributed by atoms with Crippen LogP contribution in [-0.2, 0) is 0 Å². The molecule has 0 saturated carbocycles. The summed E-state index contributed by atoms with van der Waals surface area (Å²) in [6, 6.07) is 3.05. The van der Waals surface area contributed by atoms with Gasteiger partial charge in [-0.2, -0.15) is 0 Å². The van der Waals surface area contributed by atoms with Gasteiger partial charge in [-0.3, -0.25) is 0 Å². The van der Waals surface area contributed by atoms with Crippen LogP contribution in [0.3, 0.4) is 0 Å². The molecule has 2 rings (SSSR count). The van der Waals surface area contributed by atoms with Crippen molar-refractivity contribution < 1.29 is 14.2 Å². The van der Waals surface area contributed by atoms with Gasteiger partial charge < -0.3 is 9.84 Å². The molecule has 0 bridgehead atoms. The summed E-state index contributed by atoms with van der Waals surface area (Å²) >= 11 is 0. The number of aliphatic hydroxyl groups is 1. The van der Waals surface area contributed by atoms with Crippen LogP contribution in [0.1, 0.15) is 30.1 Å². The van der Waals surface area contributed by atoms with Crippen molar-refractivity contribution >= 4 is 0 Å². The fourth-order valence-corrected chi connectivity index (χ4v) is 1.83. The van der Waals surface area contributed by atoms with E-state index in [2.05, 4.69) is 0 Å². The molecular formula is C11H13FO2. The molecule has 1 aliphatic heterocycles. The average molecular weight is 196 g/mol. The minimum atomic E-state index is -0.594. The van der Waals surface area contributed by atoms with Gasteiger partial charge in [-0.1, -0.05) is 6.07 Å². The number of benzene rings is 1. The summed E-state index contributed by atoms with van der Waals surface area (Å²) in [5, 5.41) is 9.80. The third-order valence-electron chi connectivity index (χ3n) is 2.57. The van der Waals surface area contributed by atoms with Crippen molar-refractivity contribution in [2.24, 2.45) is 0 Å². The maximum Gasteiger partial charge on any atom is 0.165 e. The zero-order valence-electron chi connectivity index (χ0n) is 8.09. The molecule has 0 amide bonds. The number of halogens is 1. The first-order valence-electron chi connectivity index (χ1n) is 4.80. The quantitative estimate of drug-likeness (QED) is 0.690. The average Bonchev–Trinajstić information content (AvgIpc) is 2.35. The Balaban J connectivity index is 2.57. The molecule has 0 unspecified atom stereocenters. The second-order valence-electron chi connectivity index (χ2n) is 3.61. The summed E-state index contributed by atoms with van der Waals surface area (Å²) in [5.41, 5.74) is 1.50. The van der Waals surface area contributed by atoms with E-state index in [1.54, 1.807) is 6.07 Å². The molecule has 0 aliphatic carbocycles. The van der Waals surface area contributed by atoms with Crippen molar-refractivity contribution in [1.82, 2.24) is 0 Å². The predicted molar refractivity (Wildman–Crippen MR) is 50.8 cm³/mol.